The molecule has 0 bridgehead atoms. The number of halogens is 1. The van der Waals surface area contributed by atoms with Crippen molar-refractivity contribution in [3.05, 3.63) is 102 Å². The van der Waals surface area contributed by atoms with Crippen LogP contribution >= 0.6 is 23.4 Å². The molecule has 0 unspecified atom stereocenters. The van der Waals surface area contributed by atoms with E-state index in [4.69, 9.17) is 16.6 Å². The highest BCUT2D eigenvalue weighted by Gasteiger charge is 2.24. The normalized spacial score (nSPS) is 15.6. The number of hydrogen-bond donors (Lipinski definition) is 1. The van der Waals surface area contributed by atoms with Crippen LogP contribution < -0.4 is 10.2 Å². The van der Waals surface area contributed by atoms with Crippen LogP contribution in [0.15, 0.2) is 106 Å². The van der Waals surface area contributed by atoms with Gasteiger partial charge in [0.15, 0.2) is 0 Å². The van der Waals surface area contributed by atoms with Gasteiger partial charge in [-0.25, -0.2) is 4.99 Å². The van der Waals surface area contributed by atoms with Crippen molar-refractivity contribution in [2.45, 2.75) is 16.2 Å². The summed E-state index contributed by atoms with van der Waals surface area (Å²) in [6, 6.07) is 31.6. The summed E-state index contributed by atoms with van der Waals surface area (Å²) in [6.45, 7) is 6.26. The minimum atomic E-state index is 0.706. The number of benzene rings is 4. The Morgan fingerprint density at radius 3 is 2.16 bits per heavy atom. The van der Waals surface area contributed by atoms with Gasteiger partial charge in [-0.15, -0.1) is 0 Å². The number of piperazine rings is 1. The molecular weight excluding hydrogens is 572 g/mol. The predicted octanol–water partition coefficient (Wildman–Crippen LogP) is 7.96. The molecule has 1 N–H and O–H groups in total. The van der Waals surface area contributed by atoms with Gasteiger partial charge in [0.2, 0.25) is 0 Å². The number of fused-ring (bicyclic) bond motifs is 4. The van der Waals surface area contributed by atoms with Crippen LogP contribution in [0.5, 0.6) is 0 Å². The highest BCUT2D eigenvalue weighted by atomic mass is 35.5. The first-order chi connectivity index (χ1) is 21.0. The van der Waals surface area contributed by atoms with Crippen LogP contribution in [-0.4, -0.2) is 80.9 Å². The van der Waals surface area contributed by atoms with Crippen molar-refractivity contribution in [2.24, 2.45) is 4.99 Å². The molecule has 6 nitrogen and oxygen atoms in total. The summed E-state index contributed by atoms with van der Waals surface area (Å²) < 4.78 is 0. The van der Waals surface area contributed by atoms with Gasteiger partial charge in [-0.2, -0.15) is 0 Å². The Morgan fingerprint density at radius 2 is 1.47 bits per heavy atom. The van der Waals surface area contributed by atoms with Gasteiger partial charge in [-0.05, 0) is 88.7 Å². The average Bonchev–Trinajstić information content (AvgIpc) is 3.18. The molecular formula is C35H39ClN6S. The molecule has 1 fully saturated rings. The lowest BCUT2D eigenvalue weighted by Gasteiger charge is -2.34. The van der Waals surface area contributed by atoms with E-state index < -0.39 is 0 Å². The largest absolute Gasteiger partial charge is 0.353 e. The molecule has 0 amide bonds. The maximum atomic E-state index is 6.18. The molecule has 3 aliphatic rings. The molecule has 3 heterocycles. The van der Waals surface area contributed by atoms with E-state index in [2.05, 4.69) is 113 Å². The Morgan fingerprint density at radius 1 is 0.814 bits per heavy atom. The number of nitrogens with one attached hydrogen (secondary N) is 1. The average molecular weight is 611 g/mol. The Labute approximate surface area is 265 Å². The van der Waals surface area contributed by atoms with E-state index in [0.717, 1.165) is 67.7 Å². The first-order valence-electron chi connectivity index (χ1n) is 14.9. The second kappa shape index (κ2) is 13.4. The lowest BCUT2D eigenvalue weighted by Crippen LogP contribution is -2.47. The molecule has 0 aromatic heterocycles. The second-order valence-electron chi connectivity index (χ2n) is 11.4. The maximum Gasteiger partial charge on any atom is 0.138 e. The number of nitrogens with zero attached hydrogens (tertiary/aromatic N) is 5. The topological polar surface area (TPSA) is 37.4 Å². The molecule has 43 heavy (non-hydrogen) atoms. The molecule has 0 saturated carbocycles. The van der Waals surface area contributed by atoms with Crippen LogP contribution in [0.3, 0.4) is 0 Å². The van der Waals surface area contributed by atoms with E-state index in [9.17, 15) is 0 Å². The van der Waals surface area contributed by atoms with Crippen LogP contribution in [0.4, 0.5) is 28.4 Å². The number of amidine groups is 1. The zero-order valence-electron chi connectivity index (χ0n) is 25.1. The summed E-state index contributed by atoms with van der Waals surface area (Å²) in [5.74, 6) is 1.03. The van der Waals surface area contributed by atoms with E-state index in [1.807, 2.05) is 36.0 Å². The predicted molar refractivity (Wildman–Crippen MR) is 184 cm³/mol. The number of hydrogen-bond acceptors (Lipinski definition) is 7. The molecule has 7 rings (SSSR count). The summed E-state index contributed by atoms with van der Waals surface area (Å²) >= 11 is 8.05. The molecule has 1 saturated heterocycles. The summed E-state index contributed by atoms with van der Waals surface area (Å²) in [5.41, 5.74) is 6.80. The minimum Gasteiger partial charge on any atom is -0.353 e. The Balaban J connectivity index is 0.000000155. The first kappa shape index (κ1) is 29.6. The van der Waals surface area contributed by atoms with Crippen molar-refractivity contribution < 1.29 is 0 Å². The van der Waals surface area contributed by atoms with E-state index >= 15 is 0 Å². The van der Waals surface area contributed by atoms with Crippen molar-refractivity contribution in [1.82, 2.24) is 14.7 Å². The molecule has 222 valence electrons. The molecule has 0 atom stereocenters. The van der Waals surface area contributed by atoms with Gasteiger partial charge in [0, 0.05) is 58.8 Å². The van der Waals surface area contributed by atoms with Crippen molar-refractivity contribution in [1.29, 1.82) is 0 Å². The Bertz CT molecular complexity index is 1550. The number of aliphatic imine (C=N–C) groups is 1. The van der Waals surface area contributed by atoms with Gasteiger partial charge in [-0.3, -0.25) is 0 Å². The van der Waals surface area contributed by atoms with Crippen LogP contribution in [0.25, 0.3) is 0 Å². The zero-order valence-corrected chi connectivity index (χ0v) is 26.7. The molecule has 4 aromatic carbocycles. The third-order valence-electron chi connectivity index (χ3n) is 7.95. The lowest BCUT2D eigenvalue weighted by atomic mass is 10.1. The summed E-state index contributed by atoms with van der Waals surface area (Å²) in [5, 5.41) is 4.20. The monoisotopic (exact) mass is 610 g/mol. The fourth-order valence-electron chi connectivity index (χ4n) is 5.64. The van der Waals surface area contributed by atoms with Crippen molar-refractivity contribution in [3.63, 3.8) is 0 Å². The Hall–Kier alpha value is -3.49. The molecule has 3 aliphatic heterocycles. The second-order valence-corrected chi connectivity index (χ2v) is 12.9. The lowest BCUT2D eigenvalue weighted by molar-refractivity contribution is 0.216. The molecule has 0 spiro atoms. The fraction of sp³-hybridized carbons (Fsp3) is 0.286. The first-order valence-corrected chi connectivity index (χ1v) is 16.1. The fourth-order valence-corrected chi connectivity index (χ4v) is 6.90. The standard InChI is InChI=1S/C18H19ClN4.C17H20N2S/c1-22-8-10-23(11-9-22)18-14-4-2-3-5-15(14)20-16-7-6-13(19)12-17(16)21-18;1-18(2)12-7-13-19-14-8-3-5-10-16(14)20-17-11-6-4-9-15(17)19/h2-7,12,20H,8-11H2,1H3;3-6,8-11H,7,12-13H2,1-2H3. The van der Waals surface area contributed by atoms with Crippen molar-refractivity contribution in [2.75, 3.05) is 70.6 Å². The van der Waals surface area contributed by atoms with Crippen LogP contribution in [0.1, 0.15) is 12.0 Å². The van der Waals surface area contributed by atoms with Crippen molar-refractivity contribution >= 4 is 57.6 Å². The zero-order chi connectivity index (χ0) is 29.8. The van der Waals surface area contributed by atoms with Crippen LogP contribution in [-0.2, 0) is 0 Å². The molecule has 8 heteroatoms. The SMILES string of the molecule is CN(C)CCCN1c2ccccc2Sc2ccccc21.CN1CCN(C2=Nc3cc(Cl)ccc3Nc3ccccc32)CC1. The number of anilines is 4. The number of para-hydroxylation sites is 3. The Kier molecular flexibility index (Phi) is 9.24. The highest BCUT2D eigenvalue weighted by molar-refractivity contribution is 7.99. The van der Waals surface area contributed by atoms with Gasteiger partial charge in [0.1, 0.15) is 5.84 Å². The third-order valence-corrected chi connectivity index (χ3v) is 9.31. The smallest absolute Gasteiger partial charge is 0.138 e. The van der Waals surface area contributed by atoms with Crippen molar-refractivity contribution in [3.8, 4) is 0 Å². The molecule has 0 radical (unpaired) electrons. The number of rotatable bonds is 4. The summed E-state index contributed by atoms with van der Waals surface area (Å²) in [4.78, 5) is 17.1. The number of likely N-dealkylation sites (N-methyl/N-ethyl adjacent to an activating group) is 1. The molecule has 0 aliphatic carbocycles. The van der Waals surface area contributed by atoms with Crippen LogP contribution in [0.2, 0.25) is 5.02 Å². The minimum absolute atomic E-state index is 0.706. The van der Waals surface area contributed by atoms with E-state index in [0.29, 0.717) is 5.02 Å². The summed E-state index contributed by atoms with van der Waals surface area (Å²) in [7, 11) is 6.43. The van der Waals surface area contributed by atoms with E-state index in [1.54, 1.807) is 0 Å². The van der Waals surface area contributed by atoms with Gasteiger partial charge >= 0.3 is 0 Å². The van der Waals surface area contributed by atoms with Crippen LogP contribution in [0, 0.1) is 0 Å². The molecule has 4 aromatic rings. The third kappa shape index (κ3) is 6.86. The summed E-state index contributed by atoms with van der Waals surface area (Å²) in [6.07, 6.45) is 1.17. The highest BCUT2D eigenvalue weighted by Crippen LogP contribution is 2.47. The van der Waals surface area contributed by atoms with Gasteiger partial charge in [0.05, 0.1) is 22.7 Å². The van der Waals surface area contributed by atoms with Gasteiger partial charge in [-0.1, -0.05) is 59.8 Å². The van der Waals surface area contributed by atoms with Gasteiger partial charge in [0.25, 0.3) is 0 Å². The van der Waals surface area contributed by atoms with Gasteiger partial charge < -0.3 is 24.9 Å². The maximum absolute atomic E-state index is 6.18. The van der Waals surface area contributed by atoms with E-state index in [1.165, 1.54) is 27.6 Å². The van der Waals surface area contributed by atoms with E-state index in [-0.39, 0.29) is 0 Å². The quantitative estimate of drug-likeness (QED) is 0.253.